The molecule has 13 heteroatoms. The molecular formula is C15H15BrClN5O5S. The van der Waals surface area contributed by atoms with Crippen molar-refractivity contribution < 1.29 is 18.1 Å². The molecule has 0 radical (unpaired) electrons. The van der Waals surface area contributed by atoms with Crippen molar-refractivity contribution in [1.82, 2.24) is 19.0 Å². The van der Waals surface area contributed by atoms with Crippen LogP contribution in [-0.4, -0.2) is 64.4 Å². The van der Waals surface area contributed by atoms with Gasteiger partial charge in [0.2, 0.25) is 15.9 Å². The minimum Gasteiger partial charge on any atom is -0.358 e. The number of nitrogens with zero attached hydrogens (tertiary/aromatic N) is 5. The maximum Gasteiger partial charge on any atom is 0.404 e. The first kappa shape index (κ1) is 20.7. The predicted molar refractivity (Wildman–Crippen MR) is 103 cm³/mol. The number of piperazine rings is 1. The summed E-state index contributed by atoms with van der Waals surface area (Å²) in [5.74, 6) is -0.667. The quantitative estimate of drug-likeness (QED) is 0.463. The van der Waals surface area contributed by atoms with Gasteiger partial charge in [0.25, 0.3) is 0 Å². The van der Waals surface area contributed by atoms with E-state index >= 15 is 0 Å². The highest BCUT2D eigenvalue weighted by atomic mass is 79.9. The average Bonchev–Trinajstić information content (AvgIpc) is 3.02. The summed E-state index contributed by atoms with van der Waals surface area (Å²) in [5, 5.41) is 15.0. The van der Waals surface area contributed by atoms with Crippen LogP contribution in [0.25, 0.3) is 0 Å². The lowest BCUT2D eigenvalue weighted by Gasteiger charge is -2.33. The van der Waals surface area contributed by atoms with Crippen LogP contribution < -0.4 is 0 Å². The lowest BCUT2D eigenvalue weighted by Crippen LogP contribution is -2.51. The van der Waals surface area contributed by atoms with Gasteiger partial charge in [-0.3, -0.25) is 4.79 Å². The van der Waals surface area contributed by atoms with Crippen molar-refractivity contribution in [2.24, 2.45) is 0 Å². The Bertz CT molecular complexity index is 1000. The molecule has 0 aliphatic carbocycles. The second-order valence-electron chi connectivity index (χ2n) is 5.99. The Kier molecular flexibility index (Phi) is 6.03. The molecule has 1 saturated heterocycles. The van der Waals surface area contributed by atoms with Gasteiger partial charge in [0.15, 0.2) is 0 Å². The van der Waals surface area contributed by atoms with Gasteiger partial charge in [-0.25, -0.2) is 8.42 Å². The van der Waals surface area contributed by atoms with Crippen LogP contribution in [0.3, 0.4) is 0 Å². The van der Waals surface area contributed by atoms with E-state index in [4.69, 9.17) is 11.6 Å². The monoisotopic (exact) mass is 491 g/mol. The number of hydrogen-bond donors (Lipinski definition) is 0. The number of sulfonamides is 1. The van der Waals surface area contributed by atoms with Crippen molar-refractivity contribution in [2.45, 2.75) is 11.4 Å². The molecule has 0 saturated carbocycles. The second kappa shape index (κ2) is 8.15. The van der Waals surface area contributed by atoms with Crippen LogP contribution in [0.1, 0.15) is 0 Å². The van der Waals surface area contributed by atoms with Gasteiger partial charge in [0, 0.05) is 31.2 Å². The number of amides is 1. The van der Waals surface area contributed by atoms with E-state index in [2.05, 4.69) is 21.0 Å². The highest BCUT2D eigenvalue weighted by Crippen LogP contribution is 2.22. The van der Waals surface area contributed by atoms with Crippen LogP contribution in [0.2, 0.25) is 5.02 Å². The van der Waals surface area contributed by atoms with Gasteiger partial charge in [-0.2, -0.15) is 8.99 Å². The Morgan fingerprint density at radius 2 is 1.82 bits per heavy atom. The SMILES string of the molecule is O=C(Cn1cc(Br)c([N+](=O)[O-])n1)N1CCN(S(=O)(=O)c2ccc(Cl)cc2)CC1. The van der Waals surface area contributed by atoms with Crippen LogP contribution in [0, 0.1) is 10.1 Å². The lowest BCUT2D eigenvalue weighted by atomic mass is 10.3. The Morgan fingerprint density at radius 1 is 1.21 bits per heavy atom. The number of carbonyl (C=O) groups excluding carboxylic acids is 1. The van der Waals surface area contributed by atoms with Crippen LogP contribution in [0.4, 0.5) is 5.82 Å². The molecule has 1 fully saturated rings. The van der Waals surface area contributed by atoms with Gasteiger partial charge in [0.05, 0.1) is 16.2 Å². The van der Waals surface area contributed by atoms with Crippen molar-refractivity contribution >= 4 is 49.3 Å². The van der Waals surface area contributed by atoms with Crippen molar-refractivity contribution in [2.75, 3.05) is 26.2 Å². The van der Waals surface area contributed by atoms with Crippen LogP contribution in [-0.2, 0) is 21.4 Å². The summed E-state index contributed by atoms with van der Waals surface area (Å²) in [6, 6.07) is 5.90. The molecule has 28 heavy (non-hydrogen) atoms. The molecule has 0 N–H and O–H groups in total. The Labute approximate surface area is 174 Å². The first-order chi connectivity index (χ1) is 13.2. The number of hydrogen-bond acceptors (Lipinski definition) is 6. The molecule has 2 heterocycles. The topological polar surface area (TPSA) is 119 Å². The molecule has 10 nitrogen and oxygen atoms in total. The maximum atomic E-state index is 12.7. The molecule has 2 aromatic rings. The number of benzene rings is 1. The van der Waals surface area contributed by atoms with E-state index in [-0.39, 0.29) is 53.8 Å². The second-order valence-corrected chi connectivity index (χ2v) is 9.22. The summed E-state index contributed by atoms with van der Waals surface area (Å²) < 4.78 is 28.0. The molecule has 0 spiro atoms. The highest BCUT2D eigenvalue weighted by Gasteiger charge is 2.30. The molecule has 0 atom stereocenters. The van der Waals surface area contributed by atoms with E-state index in [1.165, 1.54) is 44.3 Å². The fraction of sp³-hybridized carbons (Fsp3) is 0.333. The van der Waals surface area contributed by atoms with Crippen LogP contribution >= 0.6 is 27.5 Å². The fourth-order valence-electron chi connectivity index (χ4n) is 2.76. The summed E-state index contributed by atoms with van der Waals surface area (Å²) in [5.41, 5.74) is 0. The zero-order valence-electron chi connectivity index (χ0n) is 14.4. The average molecular weight is 493 g/mol. The maximum absolute atomic E-state index is 12.7. The minimum absolute atomic E-state index is 0.144. The smallest absolute Gasteiger partial charge is 0.358 e. The molecule has 3 rings (SSSR count). The fourth-order valence-corrected chi connectivity index (χ4v) is 4.77. The van der Waals surface area contributed by atoms with Crippen molar-refractivity contribution in [3.8, 4) is 0 Å². The molecule has 0 unspecified atom stereocenters. The molecule has 1 amide bonds. The first-order valence-electron chi connectivity index (χ1n) is 8.09. The molecule has 150 valence electrons. The van der Waals surface area contributed by atoms with Crippen molar-refractivity contribution in [1.29, 1.82) is 0 Å². The molecule has 1 aliphatic rings. The number of carbonyl (C=O) groups is 1. The summed E-state index contributed by atoms with van der Waals surface area (Å²) in [4.78, 5) is 24.2. The summed E-state index contributed by atoms with van der Waals surface area (Å²) in [6.45, 7) is 0.571. The number of halogens is 2. The molecule has 1 aliphatic heterocycles. The van der Waals surface area contributed by atoms with Gasteiger partial charge in [-0.1, -0.05) is 11.6 Å². The molecule has 0 bridgehead atoms. The Hall–Kier alpha value is -2.02. The highest BCUT2D eigenvalue weighted by molar-refractivity contribution is 9.10. The third-order valence-corrected chi connectivity index (χ3v) is 6.94. The summed E-state index contributed by atoms with van der Waals surface area (Å²) in [6.07, 6.45) is 1.36. The van der Waals surface area contributed by atoms with E-state index in [1.807, 2.05) is 0 Å². The van der Waals surface area contributed by atoms with E-state index < -0.39 is 14.9 Å². The Balaban J connectivity index is 1.61. The normalized spacial score (nSPS) is 15.6. The number of rotatable bonds is 5. The third-order valence-electron chi connectivity index (χ3n) is 4.21. The van der Waals surface area contributed by atoms with Crippen molar-refractivity contribution in [3.05, 3.63) is 50.1 Å². The number of nitro groups is 1. The standard InChI is InChI=1S/C15H15BrClN5O5S/c16-13-9-20(18-15(13)22(24)25)10-14(23)19-5-7-21(8-6-19)28(26,27)12-3-1-11(17)2-4-12/h1-4,9H,5-8,10H2. The molecule has 1 aromatic heterocycles. The first-order valence-corrected chi connectivity index (χ1v) is 10.7. The van der Waals surface area contributed by atoms with Crippen molar-refractivity contribution in [3.63, 3.8) is 0 Å². The summed E-state index contributed by atoms with van der Waals surface area (Å²) in [7, 11) is -3.66. The third kappa shape index (κ3) is 4.35. The van der Waals surface area contributed by atoms with Gasteiger partial charge < -0.3 is 15.0 Å². The molecular weight excluding hydrogens is 478 g/mol. The van der Waals surface area contributed by atoms with Gasteiger partial charge in [-0.15, -0.1) is 0 Å². The minimum atomic E-state index is -3.66. The van der Waals surface area contributed by atoms with Crippen LogP contribution in [0.5, 0.6) is 0 Å². The lowest BCUT2D eigenvalue weighted by molar-refractivity contribution is -0.390. The number of aromatic nitrogens is 2. The van der Waals surface area contributed by atoms with E-state index in [9.17, 15) is 23.3 Å². The van der Waals surface area contributed by atoms with Gasteiger partial charge in [0.1, 0.15) is 11.0 Å². The molecule has 1 aromatic carbocycles. The Morgan fingerprint density at radius 3 is 2.36 bits per heavy atom. The zero-order chi connectivity index (χ0) is 20.5. The predicted octanol–water partition coefficient (Wildman–Crippen LogP) is 1.74. The van der Waals surface area contributed by atoms with E-state index in [0.717, 1.165) is 0 Å². The van der Waals surface area contributed by atoms with Crippen LogP contribution in [0.15, 0.2) is 39.8 Å². The van der Waals surface area contributed by atoms with E-state index in [0.29, 0.717) is 5.02 Å². The van der Waals surface area contributed by atoms with Gasteiger partial charge >= 0.3 is 5.82 Å². The zero-order valence-corrected chi connectivity index (χ0v) is 17.5. The largest absolute Gasteiger partial charge is 0.404 e. The summed E-state index contributed by atoms with van der Waals surface area (Å²) >= 11 is 8.83. The van der Waals surface area contributed by atoms with Gasteiger partial charge in [-0.05, 0) is 45.1 Å². The van der Waals surface area contributed by atoms with E-state index in [1.54, 1.807) is 0 Å².